The number of alkyl halides is 2. The average molecular weight is 322 g/mol. The molecule has 6 heteroatoms. The quantitative estimate of drug-likeness (QED) is 0.633. The minimum Gasteiger partial charge on any atom is -0.205 e. The van der Waals surface area contributed by atoms with Gasteiger partial charge in [0, 0.05) is 11.3 Å². The Morgan fingerprint density at radius 1 is 1.12 bits per heavy atom. The maximum absolute atomic E-state index is 12.6. The average Bonchev–Trinajstić information content (AvgIpc) is 2.14. The molecule has 0 aliphatic heterocycles. The van der Waals surface area contributed by atoms with Crippen molar-refractivity contribution in [3.8, 4) is 0 Å². The topological polar surface area (TPSA) is 0 Å². The molecular formula is C11H13Cl3F2S. The molecule has 0 heterocycles. The van der Waals surface area contributed by atoms with E-state index in [0.29, 0.717) is 12.2 Å². The predicted molar refractivity (Wildman–Crippen MR) is 74.6 cm³/mol. The maximum Gasteiger partial charge on any atom is 0.263 e. The van der Waals surface area contributed by atoms with Crippen LogP contribution in [0.25, 0.3) is 0 Å². The van der Waals surface area contributed by atoms with Crippen molar-refractivity contribution in [1.29, 1.82) is 0 Å². The molecule has 0 amide bonds. The van der Waals surface area contributed by atoms with E-state index in [-0.39, 0.29) is 5.56 Å². The molecule has 1 aromatic carbocycles. The van der Waals surface area contributed by atoms with Crippen molar-refractivity contribution in [3.05, 3.63) is 34.4 Å². The molecule has 0 atom stereocenters. The van der Waals surface area contributed by atoms with Crippen molar-refractivity contribution in [1.82, 2.24) is 0 Å². The van der Waals surface area contributed by atoms with Crippen LogP contribution in [0, 0.1) is 13.8 Å². The normalized spacial score (nSPS) is 13.2. The van der Waals surface area contributed by atoms with Gasteiger partial charge in [-0.2, -0.15) is 0 Å². The molecule has 0 saturated carbocycles. The van der Waals surface area contributed by atoms with Crippen molar-refractivity contribution >= 4 is 39.7 Å². The summed E-state index contributed by atoms with van der Waals surface area (Å²) >= 11 is 0. The maximum atomic E-state index is 12.6. The predicted octanol–water partition coefficient (Wildman–Crippen LogP) is 6.05. The largest absolute Gasteiger partial charge is 0.263 e. The van der Waals surface area contributed by atoms with Crippen molar-refractivity contribution in [2.75, 3.05) is 5.75 Å². The summed E-state index contributed by atoms with van der Waals surface area (Å²) in [4.78, 5) is 0. The number of hydrogen-bond acceptors (Lipinski definition) is 0. The molecule has 98 valence electrons. The minimum atomic E-state index is -2.44. The van der Waals surface area contributed by atoms with Gasteiger partial charge < -0.3 is 0 Å². The Bertz CT molecular complexity index is 379. The second-order valence-corrected chi connectivity index (χ2v) is 11.5. The molecule has 0 fully saturated rings. The molecule has 0 aliphatic rings. The van der Waals surface area contributed by atoms with Crippen molar-refractivity contribution in [2.24, 2.45) is 0 Å². The number of benzene rings is 1. The van der Waals surface area contributed by atoms with E-state index in [1.807, 2.05) is 13.8 Å². The molecule has 0 unspecified atom stereocenters. The van der Waals surface area contributed by atoms with Gasteiger partial charge >= 0.3 is 0 Å². The van der Waals surface area contributed by atoms with Gasteiger partial charge in [0.2, 0.25) is 0 Å². The highest BCUT2D eigenvalue weighted by atomic mass is 36.2. The second kappa shape index (κ2) is 5.96. The number of aryl methyl sites for hydroxylation is 2. The molecule has 0 N–H and O–H groups in total. The molecule has 1 rings (SSSR count). The minimum absolute atomic E-state index is 0.0463. The fourth-order valence-electron chi connectivity index (χ4n) is 1.77. The van der Waals surface area contributed by atoms with Gasteiger partial charge in [-0.3, -0.25) is 0 Å². The van der Waals surface area contributed by atoms with E-state index in [4.69, 9.17) is 32.0 Å². The number of rotatable bonds is 4. The van der Waals surface area contributed by atoms with E-state index >= 15 is 0 Å². The van der Waals surface area contributed by atoms with E-state index in [9.17, 15) is 8.78 Å². The highest BCUT2D eigenvalue weighted by Gasteiger charge is 2.16. The molecule has 1 aromatic rings. The first kappa shape index (κ1) is 15.4. The summed E-state index contributed by atoms with van der Waals surface area (Å²) < 4.78 is 25.1. The van der Waals surface area contributed by atoms with Crippen LogP contribution >= 0.6 is 39.7 Å². The zero-order valence-corrected chi connectivity index (χ0v) is 12.5. The van der Waals surface area contributed by atoms with E-state index < -0.39 is 14.1 Å². The lowest BCUT2D eigenvalue weighted by molar-refractivity contribution is 0.151. The zero-order chi connectivity index (χ0) is 13.2. The summed E-state index contributed by atoms with van der Waals surface area (Å²) in [6, 6.07) is 3.00. The van der Waals surface area contributed by atoms with Crippen LogP contribution in [0.1, 0.15) is 28.7 Å². The van der Waals surface area contributed by atoms with Gasteiger partial charge in [-0.25, -0.2) is 8.78 Å². The van der Waals surface area contributed by atoms with Crippen molar-refractivity contribution in [2.45, 2.75) is 26.7 Å². The fraction of sp³-hybridized carbons (Fsp3) is 0.455. The first-order valence-corrected chi connectivity index (χ1v) is 9.27. The van der Waals surface area contributed by atoms with Crippen LogP contribution in [-0.4, -0.2) is 5.75 Å². The van der Waals surface area contributed by atoms with Gasteiger partial charge in [-0.1, -0.05) is 12.1 Å². The first-order valence-electron chi connectivity index (χ1n) is 4.98. The molecule has 17 heavy (non-hydrogen) atoms. The zero-order valence-electron chi connectivity index (χ0n) is 9.44. The van der Waals surface area contributed by atoms with Crippen LogP contribution in [0.3, 0.4) is 0 Å². The SMILES string of the molecule is Cc1cc(C(F)F)cc(C)c1CCS(Cl)(Cl)Cl. The van der Waals surface area contributed by atoms with Crippen molar-refractivity contribution < 1.29 is 8.78 Å². The molecule has 0 spiro atoms. The smallest absolute Gasteiger partial charge is 0.205 e. The van der Waals surface area contributed by atoms with Gasteiger partial charge in [0.05, 0.1) is 0 Å². The Labute approximate surface area is 115 Å². The first-order chi connectivity index (χ1) is 7.70. The molecule has 0 aromatic heterocycles. The third-order valence-corrected chi connectivity index (χ3v) is 4.61. The third-order valence-electron chi connectivity index (χ3n) is 2.55. The molecule has 0 saturated heterocycles. The summed E-state index contributed by atoms with van der Waals surface area (Å²) in [5.41, 5.74) is 2.70. The second-order valence-electron chi connectivity index (χ2n) is 3.89. The highest BCUT2D eigenvalue weighted by Crippen LogP contribution is 2.63. The summed E-state index contributed by atoms with van der Waals surface area (Å²) in [5, 5.41) is 0. The summed E-state index contributed by atoms with van der Waals surface area (Å²) in [7, 11) is 15.2. The van der Waals surface area contributed by atoms with E-state index in [2.05, 4.69) is 0 Å². The van der Waals surface area contributed by atoms with E-state index in [0.717, 1.165) is 16.7 Å². The Morgan fingerprint density at radius 3 is 1.94 bits per heavy atom. The fourth-order valence-corrected chi connectivity index (χ4v) is 2.89. The lowest BCUT2D eigenvalue weighted by atomic mass is 9.98. The van der Waals surface area contributed by atoms with Gasteiger partial charge in [0.1, 0.15) is 0 Å². The highest BCUT2D eigenvalue weighted by molar-refractivity contribution is 8.79. The molecule has 0 nitrogen and oxygen atoms in total. The Balaban J connectivity index is 2.94. The van der Waals surface area contributed by atoms with E-state index in [1.54, 1.807) is 0 Å². The van der Waals surface area contributed by atoms with Crippen LogP contribution in [0.15, 0.2) is 12.1 Å². The number of hydrogen-bond donors (Lipinski definition) is 0. The van der Waals surface area contributed by atoms with Crippen LogP contribution in [0.5, 0.6) is 0 Å². The Hall–Kier alpha value is 0.300. The molecule has 0 radical (unpaired) electrons. The summed E-state index contributed by atoms with van der Waals surface area (Å²) in [5.74, 6) is 0.452. The van der Waals surface area contributed by atoms with Gasteiger partial charge in [0.25, 0.3) is 6.43 Å². The standard InChI is InChI=1S/C11H13Cl3F2S/c1-7-5-9(11(15)16)6-8(2)10(7)3-4-17(12,13)14/h5-6,11H,3-4H2,1-2H3. The third kappa shape index (κ3) is 4.82. The van der Waals surface area contributed by atoms with Crippen LogP contribution < -0.4 is 0 Å². The van der Waals surface area contributed by atoms with E-state index in [1.165, 1.54) is 12.1 Å². The molecule has 0 bridgehead atoms. The van der Waals surface area contributed by atoms with Gasteiger partial charge in [0.15, 0.2) is 0 Å². The van der Waals surface area contributed by atoms with Crippen LogP contribution in [0.4, 0.5) is 8.78 Å². The monoisotopic (exact) mass is 320 g/mol. The molecule has 0 aliphatic carbocycles. The number of halogens is 5. The van der Waals surface area contributed by atoms with Crippen molar-refractivity contribution in [3.63, 3.8) is 0 Å². The lowest BCUT2D eigenvalue weighted by Crippen LogP contribution is -2.00. The van der Waals surface area contributed by atoms with Crippen LogP contribution in [-0.2, 0) is 6.42 Å². The Kier molecular flexibility index (Phi) is 5.39. The van der Waals surface area contributed by atoms with Gasteiger partial charge in [-0.15, -0.1) is 0 Å². The molecular weight excluding hydrogens is 309 g/mol. The Morgan fingerprint density at radius 2 is 1.59 bits per heavy atom. The summed E-state index contributed by atoms with van der Waals surface area (Å²) in [6.07, 6.45) is -1.84. The van der Waals surface area contributed by atoms with Crippen LogP contribution in [0.2, 0.25) is 0 Å². The van der Waals surface area contributed by atoms with Gasteiger partial charge in [-0.05, 0) is 76.7 Å². The summed E-state index contributed by atoms with van der Waals surface area (Å²) in [6.45, 7) is 3.61. The lowest BCUT2D eigenvalue weighted by Gasteiger charge is -2.18.